The zero-order chi connectivity index (χ0) is 20.9. The van der Waals surface area contributed by atoms with E-state index < -0.39 is 11.9 Å². The minimum atomic E-state index is -0.419. The van der Waals surface area contributed by atoms with E-state index in [9.17, 15) is 9.59 Å². The Balaban J connectivity index is 1.72. The molecule has 2 aromatic rings. The molecule has 2 aromatic carbocycles. The number of ether oxygens (including phenoxy) is 5. The second kappa shape index (κ2) is 12.4. The number of hydrogen-bond donors (Lipinski definition) is 0. The van der Waals surface area contributed by atoms with Gasteiger partial charge in [-0.1, -0.05) is 24.3 Å². The highest BCUT2D eigenvalue weighted by atomic mass is 16.6. The topological polar surface area (TPSA) is 80.3 Å². The van der Waals surface area contributed by atoms with Gasteiger partial charge in [0, 0.05) is 0 Å². The van der Waals surface area contributed by atoms with Crippen LogP contribution in [0.15, 0.2) is 48.5 Å². The van der Waals surface area contributed by atoms with Crippen LogP contribution < -0.4 is 9.47 Å². The lowest BCUT2D eigenvalue weighted by Crippen LogP contribution is -2.15. The third-order valence-corrected chi connectivity index (χ3v) is 3.74. The van der Waals surface area contributed by atoms with Crippen molar-refractivity contribution >= 4 is 11.9 Å². The summed E-state index contributed by atoms with van der Waals surface area (Å²) in [5.41, 5.74) is 0.765. The number of hydrogen-bond acceptors (Lipinski definition) is 7. The van der Waals surface area contributed by atoms with Crippen molar-refractivity contribution in [2.24, 2.45) is 0 Å². The molecule has 0 aromatic heterocycles. The van der Waals surface area contributed by atoms with Crippen molar-refractivity contribution in [3.05, 3.63) is 59.7 Å². The fourth-order valence-electron chi connectivity index (χ4n) is 2.46. The standard InChI is InChI=1S/C22H26O7/c1-3-26-21(23)17-9-5-7-11-19(17)28-15-13-25-14-16-29-20-12-8-6-10-18(20)22(24)27-4-2/h5-12H,3-4,13-16H2,1-2H3. The molecule has 0 heterocycles. The summed E-state index contributed by atoms with van der Waals surface area (Å²) in [6.07, 6.45) is 0. The first-order valence-corrected chi connectivity index (χ1v) is 9.53. The Morgan fingerprint density at radius 2 is 1.07 bits per heavy atom. The first-order valence-electron chi connectivity index (χ1n) is 9.53. The van der Waals surface area contributed by atoms with Crippen molar-refractivity contribution in [2.45, 2.75) is 13.8 Å². The Labute approximate surface area is 170 Å². The van der Waals surface area contributed by atoms with E-state index in [4.69, 9.17) is 23.7 Å². The van der Waals surface area contributed by atoms with Gasteiger partial charge in [-0.3, -0.25) is 0 Å². The van der Waals surface area contributed by atoms with Gasteiger partial charge < -0.3 is 23.7 Å². The Bertz CT molecular complexity index is 723. The predicted molar refractivity (Wildman–Crippen MR) is 107 cm³/mol. The second-order valence-electron chi connectivity index (χ2n) is 5.74. The number of carbonyl (C=O) groups excluding carboxylic acids is 2. The van der Waals surface area contributed by atoms with E-state index in [0.29, 0.717) is 49.1 Å². The molecule has 7 nitrogen and oxygen atoms in total. The molecule has 0 radical (unpaired) electrons. The van der Waals surface area contributed by atoms with Gasteiger partial charge >= 0.3 is 11.9 Å². The molecule has 0 spiro atoms. The summed E-state index contributed by atoms with van der Waals surface area (Å²) in [6, 6.07) is 13.8. The van der Waals surface area contributed by atoms with Crippen molar-refractivity contribution in [2.75, 3.05) is 39.6 Å². The van der Waals surface area contributed by atoms with E-state index in [-0.39, 0.29) is 13.2 Å². The van der Waals surface area contributed by atoms with E-state index in [1.54, 1.807) is 62.4 Å². The van der Waals surface area contributed by atoms with Crippen LogP contribution in [-0.4, -0.2) is 51.6 Å². The molecule has 0 unspecified atom stereocenters. The van der Waals surface area contributed by atoms with Crippen LogP contribution in [0.3, 0.4) is 0 Å². The molecule has 0 atom stereocenters. The smallest absolute Gasteiger partial charge is 0.341 e. The lowest BCUT2D eigenvalue weighted by Gasteiger charge is -2.12. The Hall–Kier alpha value is -3.06. The van der Waals surface area contributed by atoms with Gasteiger partial charge in [0.1, 0.15) is 35.8 Å². The molecular formula is C22H26O7. The van der Waals surface area contributed by atoms with Gasteiger partial charge in [-0.05, 0) is 38.1 Å². The lowest BCUT2D eigenvalue weighted by atomic mass is 10.2. The number of benzene rings is 2. The largest absolute Gasteiger partial charge is 0.490 e. The SMILES string of the molecule is CCOC(=O)c1ccccc1OCCOCCOc1ccccc1C(=O)OCC. The third kappa shape index (κ3) is 7.12. The van der Waals surface area contributed by atoms with Crippen LogP contribution in [0, 0.1) is 0 Å². The molecule has 0 N–H and O–H groups in total. The zero-order valence-corrected chi connectivity index (χ0v) is 16.7. The average Bonchev–Trinajstić information content (AvgIpc) is 2.74. The number of para-hydroxylation sites is 2. The molecule has 0 fully saturated rings. The van der Waals surface area contributed by atoms with Crippen molar-refractivity contribution in [1.82, 2.24) is 0 Å². The maximum atomic E-state index is 11.9. The maximum Gasteiger partial charge on any atom is 0.341 e. The highest BCUT2D eigenvalue weighted by Gasteiger charge is 2.13. The molecule has 7 heteroatoms. The molecule has 0 aliphatic rings. The summed E-state index contributed by atoms with van der Waals surface area (Å²) < 4.78 is 26.8. The molecule has 0 aliphatic heterocycles. The molecule has 0 amide bonds. The van der Waals surface area contributed by atoms with Crippen LogP contribution in [0.5, 0.6) is 11.5 Å². The van der Waals surface area contributed by atoms with Crippen LogP contribution in [0.1, 0.15) is 34.6 Å². The quantitative estimate of drug-likeness (QED) is 0.397. The molecule has 0 bridgehead atoms. The van der Waals surface area contributed by atoms with Gasteiger partial charge in [0.15, 0.2) is 0 Å². The molecule has 156 valence electrons. The molecule has 2 rings (SSSR count). The van der Waals surface area contributed by atoms with Crippen molar-refractivity contribution in [1.29, 1.82) is 0 Å². The minimum Gasteiger partial charge on any atom is -0.490 e. The number of esters is 2. The van der Waals surface area contributed by atoms with Crippen molar-refractivity contribution in [3.8, 4) is 11.5 Å². The summed E-state index contributed by atoms with van der Waals surface area (Å²) >= 11 is 0. The van der Waals surface area contributed by atoms with E-state index in [2.05, 4.69) is 0 Å². The first kappa shape index (κ1) is 22.2. The summed E-state index contributed by atoms with van der Waals surface area (Å²) in [5.74, 6) is 0.0682. The monoisotopic (exact) mass is 402 g/mol. The van der Waals surface area contributed by atoms with E-state index in [0.717, 1.165) is 0 Å². The van der Waals surface area contributed by atoms with Gasteiger partial charge in [-0.25, -0.2) is 9.59 Å². The van der Waals surface area contributed by atoms with Crippen LogP contribution in [0.25, 0.3) is 0 Å². The van der Waals surface area contributed by atoms with Crippen LogP contribution in [0.2, 0.25) is 0 Å². The van der Waals surface area contributed by atoms with Crippen LogP contribution in [0.4, 0.5) is 0 Å². The van der Waals surface area contributed by atoms with Gasteiger partial charge in [0.2, 0.25) is 0 Å². The summed E-state index contributed by atoms with van der Waals surface area (Å²) in [6.45, 7) is 5.29. The summed E-state index contributed by atoms with van der Waals surface area (Å²) in [5, 5.41) is 0. The Morgan fingerprint density at radius 1 is 0.655 bits per heavy atom. The fourth-order valence-corrected chi connectivity index (χ4v) is 2.46. The van der Waals surface area contributed by atoms with Crippen LogP contribution >= 0.6 is 0 Å². The van der Waals surface area contributed by atoms with Gasteiger partial charge in [-0.15, -0.1) is 0 Å². The zero-order valence-electron chi connectivity index (χ0n) is 16.7. The lowest BCUT2D eigenvalue weighted by molar-refractivity contribution is 0.0512. The normalized spacial score (nSPS) is 10.3. The van der Waals surface area contributed by atoms with Crippen molar-refractivity contribution in [3.63, 3.8) is 0 Å². The highest BCUT2D eigenvalue weighted by molar-refractivity contribution is 5.93. The van der Waals surface area contributed by atoms with Gasteiger partial charge in [-0.2, -0.15) is 0 Å². The molecule has 29 heavy (non-hydrogen) atoms. The Morgan fingerprint density at radius 3 is 1.48 bits per heavy atom. The fraction of sp³-hybridized carbons (Fsp3) is 0.364. The van der Waals surface area contributed by atoms with Crippen molar-refractivity contribution < 1.29 is 33.3 Å². The highest BCUT2D eigenvalue weighted by Crippen LogP contribution is 2.20. The average molecular weight is 402 g/mol. The molecule has 0 aliphatic carbocycles. The van der Waals surface area contributed by atoms with Crippen LogP contribution in [-0.2, 0) is 14.2 Å². The first-order chi connectivity index (χ1) is 14.2. The minimum absolute atomic E-state index is 0.274. The summed E-state index contributed by atoms with van der Waals surface area (Å²) in [4.78, 5) is 23.8. The number of carbonyl (C=O) groups is 2. The molecule has 0 saturated heterocycles. The van der Waals surface area contributed by atoms with E-state index in [1.165, 1.54) is 0 Å². The second-order valence-corrected chi connectivity index (χ2v) is 5.74. The van der Waals surface area contributed by atoms with E-state index in [1.807, 2.05) is 0 Å². The van der Waals surface area contributed by atoms with Gasteiger partial charge in [0.25, 0.3) is 0 Å². The maximum absolute atomic E-state index is 11.9. The van der Waals surface area contributed by atoms with Gasteiger partial charge in [0.05, 0.1) is 26.4 Å². The number of rotatable bonds is 12. The predicted octanol–water partition coefficient (Wildman–Crippen LogP) is 3.51. The third-order valence-electron chi connectivity index (χ3n) is 3.74. The summed E-state index contributed by atoms with van der Waals surface area (Å²) in [7, 11) is 0. The van der Waals surface area contributed by atoms with E-state index >= 15 is 0 Å². The molecule has 0 saturated carbocycles. The Kier molecular flexibility index (Phi) is 9.51. The molecular weight excluding hydrogens is 376 g/mol.